The molecule has 0 bridgehead atoms. The lowest BCUT2D eigenvalue weighted by molar-refractivity contribution is 0.503. The molecule has 2 rings (SSSR count). The van der Waals surface area contributed by atoms with Crippen molar-refractivity contribution < 1.29 is 4.42 Å². The number of anilines is 2. The van der Waals surface area contributed by atoms with E-state index in [-0.39, 0.29) is 0 Å². The Bertz CT molecular complexity index is 439. The van der Waals surface area contributed by atoms with E-state index in [1.54, 1.807) is 12.3 Å². The van der Waals surface area contributed by atoms with Crippen molar-refractivity contribution in [2.24, 2.45) is 0 Å². The van der Waals surface area contributed by atoms with Crippen molar-refractivity contribution in [2.75, 3.05) is 17.2 Å². The molecule has 0 radical (unpaired) electrons. The molecule has 2 N–H and O–H groups in total. The normalized spacial score (nSPS) is 10.3. The molecule has 2 aromatic heterocycles. The Morgan fingerprint density at radius 3 is 2.81 bits per heavy atom. The summed E-state index contributed by atoms with van der Waals surface area (Å²) in [4.78, 5) is 6.39. The standard InChI is InChI=1S/C12H15N3O/c1-2-15(9-10-5-4-8-16-10)12-7-3-6-11(13)14-12/h3-8H,2,9H2,1H3,(H2,13,14). The van der Waals surface area contributed by atoms with E-state index in [9.17, 15) is 0 Å². The van der Waals surface area contributed by atoms with Crippen LogP contribution in [0.5, 0.6) is 0 Å². The van der Waals surface area contributed by atoms with Gasteiger partial charge in [-0.05, 0) is 31.2 Å². The van der Waals surface area contributed by atoms with E-state index < -0.39 is 0 Å². The predicted molar refractivity (Wildman–Crippen MR) is 64.1 cm³/mol. The summed E-state index contributed by atoms with van der Waals surface area (Å²) in [5.41, 5.74) is 5.66. The van der Waals surface area contributed by atoms with E-state index in [0.717, 1.165) is 18.1 Å². The Balaban J connectivity index is 2.16. The van der Waals surface area contributed by atoms with E-state index in [2.05, 4.69) is 16.8 Å². The highest BCUT2D eigenvalue weighted by atomic mass is 16.3. The Labute approximate surface area is 94.7 Å². The van der Waals surface area contributed by atoms with E-state index in [4.69, 9.17) is 10.2 Å². The first-order valence-electron chi connectivity index (χ1n) is 5.29. The molecule has 0 aliphatic heterocycles. The number of furan rings is 1. The van der Waals surface area contributed by atoms with E-state index in [1.165, 1.54) is 0 Å². The Morgan fingerprint density at radius 1 is 1.31 bits per heavy atom. The average molecular weight is 217 g/mol. The summed E-state index contributed by atoms with van der Waals surface area (Å²) in [7, 11) is 0. The first kappa shape index (κ1) is 10.5. The van der Waals surface area contributed by atoms with Crippen LogP contribution >= 0.6 is 0 Å². The third-order valence-corrected chi connectivity index (χ3v) is 2.39. The number of nitrogen functional groups attached to an aromatic ring is 1. The number of nitrogens with two attached hydrogens (primary N) is 1. The van der Waals surface area contributed by atoms with Gasteiger partial charge in [-0.15, -0.1) is 0 Å². The summed E-state index contributed by atoms with van der Waals surface area (Å²) < 4.78 is 5.32. The first-order chi connectivity index (χ1) is 7.79. The SMILES string of the molecule is CCN(Cc1ccco1)c1cccc(N)n1. The highest BCUT2D eigenvalue weighted by Gasteiger charge is 2.08. The average Bonchev–Trinajstić information content (AvgIpc) is 2.78. The van der Waals surface area contributed by atoms with Crippen LogP contribution in [0.2, 0.25) is 0 Å². The minimum absolute atomic E-state index is 0.537. The molecule has 0 aliphatic carbocycles. The van der Waals surface area contributed by atoms with Crippen LogP contribution in [0.4, 0.5) is 11.6 Å². The third kappa shape index (κ3) is 2.34. The van der Waals surface area contributed by atoms with Crippen LogP contribution < -0.4 is 10.6 Å². The van der Waals surface area contributed by atoms with Crippen LogP contribution in [0.1, 0.15) is 12.7 Å². The van der Waals surface area contributed by atoms with Gasteiger partial charge in [0.2, 0.25) is 0 Å². The molecule has 0 aromatic carbocycles. The lowest BCUT2D eigenvalue weighted by atomic mass is 10.3. The van der Waals surface area contributed by atoms with Crippen LogP contribution in [0.15, 0.2) is 41.0 Å². The molecule has 4 nitrogen and oxygen atoms in total. The van der Waals surface area contributed by atoms with Gasteiger partial charge in [0.25, 0.3) is 0 Å². The van der Waals surface area contributed by atoms with Crippen LogP contribution in [-0.4, -0.2) is 11.5 Å². The molecule has 2 aromatic rings. The van der Waals surface area contributed by atoms with Crippen molar-refractivity contribution in [2.45, 2.75) is 13.5 Å². The zero-order valence-corrected chi connectivity index (χ0v) is 9.26. The topological polar surface area (TPSA) is 55.3 Å². The highest BCUT2D eigenvalue weighted by molar-refractivity contribution is 5.44. The van der Waals surface area contributed by atoms with Crippen molar-refractivity contribution in [3.63, 3.8) is 0 Å². The van der Waals surface area contributed by atoms with Gasteiger partial charge < -0.3 is 15.1 Å². The van der Waals surface area contributed by atoms with Crippen molar-refractivity contribution in [1.29, 1.82) is 0 Å². The minimum Gasteiger partial charge on any atom is -0.467 e. The summed E-state index contributed by atoms with van der Waals surface area (Å²) in [5.74, 6) is 2.33. The van der Waals surface area contributed by atoms with Gasteiger partial charge in [0.05, 0.1) is 12.8 Å². The molecule has 0 amide bonds. The first-order valence-corrected chi connectivity index (χ1v) is 5.29. The molecule has 0 spiro atoms. The second kappa shape index (κ2) is 4.70. The smallest absolute Gasteiger partial charge is 0.131 e. The van der Waals surface area contributed by atoms with Crippen LogP contribution in [-0.2, 0) is 6.54 Å². The van der Waals surface area contributed by atoms with Gasteiger partial charge in [0.15, 0.2) is 0 Å². The zero-order valence-electron chi connectivity index (χ0n) is 9.26. The summed E-state index contributed by atoms with van der Waals surface area (Å²) in [6.07, 6.45) is 1.68. The van der Waals surface area contributed by atoms with Gasteiger partial charge >= 0.3 is 0 Å². The summed E-state index contributed by atoms with van der Waals surface area (Å²) in [6, 6.07) is 9.47. The quantitative estimate of drug-likeness (QED) is 0.853. The molecular formula is C12H15N3O. The molecule has 0 atom stereocenters. The van der Waals surface area contributed by atoms with Gasteiger partial charge in [-0.1, -0.05) is 6.07 Å². The fraction of sp³-hybridized carbons (Fsp3) is 0.250. The Kier molecular flexibility index (Phi) is 3.10. The molecule has 16 heavy (non-hydrogen) atoms. The number of pyridine rings is 1. The number of nitrogens with zero attached hydrogens (tertiary/aromatic N) is 2. The van der Waals surface area contributed by atoms with Gasteiger partial charge in [-0.2, -0.15) is 0 Å². The molecule has 4 heteroatoms. The number of rotatable bonds is 4. The van der Waals surface area contributed by atoms with Gasteiger partial charge in [0.1, 0.15) is 17.4 Å². The van der Waals surface area contributed by atoms with Crippen molar-refractivity contribution >= 4 is 11.6 Å². The highest BCUT2D eigenvalue weighted by Crippen LogP contribution is 2.15. The number of hydrogen-bond donors (Lipinski definition) is 1. The molecule has 0 saturated heterocycles. The Hall–Kier alpha value is -1.97. The maximum absolute atomic E-state index is 5.66. The molecule has 0 saturated carbocycles. The molecule has 0 fully saturated rings. The minimum atomic E-state index is 0.537. The largest absolute Gasteiger partial charge is 0.467 e. The van der Waals surface area contributed by atoms with Crippen molar-refractivity contribution in [3.8, 4) is 0 Å². The lowest BCUT2D eigenvalue weighted by Gasteiger charge is -2.20. The monoisotopic (exact) mass is 217 g/mol. The lowest BCUT2D eigenvalue weighted by Crippen LogP contribution is -2.22. The van der Waals surface area contributed by atoms with Crippen LogP contribution in [0.3, 0.4) is 0 Å². The maximum atomic E-state index is 5.66. The molecule has 0 aliphatic rings. The van der Waals surface area contributed by atoms with E-state index in [1.807, 2.05) is 24.3 Å². The summed E-state index contributed by atoms with van der Waals surface area (Å²) in [5, 5.41) is 0. The zero-order chi connectivity index (χ0) is 11.4. The third-order valence-electron chi connectivity index (χ3n) is 2.39. The van der Waals surface area contributed by atoms with Crippen LogP contribution in [0, 0.1) is 0 Å². The molecular weight excluding hydrogens is 202 g/mol. The number of aromatic nitrogens is 1. The predicted octanol–water partition coefficient (Wildman–Crippen LogP) is 2.28. The van der Waals surface area contributed by atoms with Gasteiger partial charge in [-0.25, -0.2) is 4.98 Å². The van der Waals surface area contributed by atoms with Gasteiger partial charge in [-0.3, -0.25) is 0 Å². The van der Waals surface area contributed by atoms with E-state index in [0.29, 0.717) is 12.4 Å². The molecule has 0 unspecified atom stereocenters. The second-order valence-corrected chi connectivity index (χ2v) is 3.51. The number of hydrogen-bond acceptors (Lipinski definition) is 4. The molecule has 84 valence electrons. The van der Waals surface area contributed by atoms with Crippen molar-refractivity contribution in [1.82, 2.24) is 4.98 Å². The maximum Gasteiger partial charge on any atom is 0.131 e. The fourth-order valence-corrected chi connectivity index (χ4v) is 1.56. The Morgan fingerprint density at radius 2 is 2.19 bits per heavy atom. The van der Waals surface area contributed by atoms with E-state index >= 15 is 0 Å². The van der Waals surface area contributed by atoms with Gasteiger partial charge in [0, 0.05) is 6.54 Å². The van der Waals surface area contributed by atoms with Crippen molar-refractivity contribution in [3.05, 3.63) is 42.4 Å². The fourth-order valence-electron chi connectivity index (χ4n) is 1.56. The molecule has 2 heterocycles. The second-order valence-electron chi connectivity index (χ2n) is 3.51. The summed E-state index contributed by atoms with van der Waals surface area (Å²) >= 11 is 0. The van der Waals surface area contributed by atoms with Crippen LogP contribution in [0.25, 0.3) is 0 Å². The summed E-state index contributed by atoms with van der Waals surface area (Å²) in [6.45, 7) is 3.64.